The zero-order valence-corrected chi connectivity index (χ0v) is 10.4. The smallest absolute Gasteiger partial charge is 0.123 e. The van der Waals surface area contributed by atoms with Crippen LogP contribution in [0.1, 0.15) is 26.3 Å². The van der Waals surface area contributed by atoms with Gasteiger partial charge in [0.25, 0.3) is 0 Å². The van der Waals surface area contributed by atoms with Gasteiger partial charge >= 0.3 is 0 Å². The number of aromatic nitrogens is 1. The van der Waals surface area contributed by atoms with Crippen LogP contribution in [0.15, 0.2) is 42.7 Å². The second-order valence-corrected chi connectivity index (χ2v) is 5.22. The third kappa shape index (κ3) is 2.47. The molecule has 17 heavy (non-hydrogen) atoms. The van der Waals surface area contributed by atoms with Gasteiger partial charge in [0, 0.05) is 23.5 Å². The normalized spacial score (nSPS) is 11.5. The molecule has 0 radical (unpaired) electrons. The Kier molecular flexibility index (Phi) is 2.88. The van der Waals surface area contributed by atoms with E-state index in [9.17, 15) is 5.11 Å². The predicted octanol–water partition coefficient (Wildman–Crippen LogP) is 3.75. The Morgan fingerprint density at radius 1 is 1.12 bits per heavy atom. The van der Waals surface area contributed by atoms with Crippen LogP contribution >= 0.6 is 0 Å². The second kappa shape index (κ2) is 4.21. The monoisotopic (exact) mass is 227 g/mol. The van der Waals surface area contributed by atoms with Crippen LogP contribution in [0.3, 0.4) is 0 Å². The number of nitrogens with zero attached hydrogens (tertiary/aromatic N) is 1. The number of hydrogen-bond donors (Lipinski definition) is 1. The Bertz CT molecular complexity index is 512. The number of phenolic OH excluding ortho intramolecular Hbond substituents is 1. The molecule has 0 amide bonds. The second-order valence-electron chi connectivity index (χ2n) is 5.22. The number of hydrogen-bond acceptors (Lipinski definition) is 2. The van der Waals surface area contributed by atoms with Gasteiger partial charge in [-0.3, -0.25) is 4.98 Å². The Hall–Kier alpha value is -1.83. The molecule has 2 nitrogen and oxygen atoms in total. The van der Waals surface area contributed by atoms with Crippen LogP contribution in [0.5, 0.6) is 5.75 Å². The third-order valence-electron chi connectivity index (χ3n) is 2.84. The van der Waals surface area contributed by atoms with Crippen LogP contribution in [-0.2, 0) is 5.41 Å². The molecule has 0 fully saturated rings. The maximum atomic E-state index is 10.1. The highest BCUT2D eigenvalue weighted by molar-refractivity contribution is 5.69. The van der Waals surface area contributed by atoms with Crippen molar-refractivity contribution in [2.45, 2.75) is 26.2 Å². The van der Waals surface area contributed by atoms with Crippen molar-refractivity contribution in [3.63, 3.8) is 0 Å². The van der Waals surface area contributed by atoms with Crippen LogP contribution in [0, 0.1) is 0 Å². The highest BCUT2D eigenvalue weighted by atomic mass is 16.3. The minimum Gasteiger partial charge on any atom is -0.507 e. The van der Waals surface area contributed by atoms with Crippen molar-refractivity contribution in [3.8, 4) is 16.9 Å². The van der Waals surface area contributed by atoms with E-state index in [0.717, 1.165) is 16.7 Å². The summed E-state index contributed by atoms with van der Waals surface area (Å²) in [4.78, 5) is 4.06. The minimum atomic E-state index is 0.0466. The summed E-state index contributed by atoms with van der Waals surface area (Å²) in [6.07, 6.45) is 3.48. The molecular weight excluding hydrogens is 210 g/mol. The first-order chi connectivity index (χ1) is 7.98. The lowest BCUT2D eigenvalue weighted by atomic mass is 9.86. The van der Waals surface area contributed by atoms with Gasteiger partial charge in [0.2, 0.25) is 0 Å². The molecular formula is C15H17NO. The maximum absolute atomic E-state index is 10.1. The molecule has 0 saturated carbocycles. The van der Waals surface area contributed by atoms with Gasteiger partial charge in [0.05, 0.1) is 0 Å². The summed E-state index contributed by atoms with van der Waals surface area (Å²) < 4.78 is 0. The Balaban J connectivity index is 2.46. The van der Waals surface area contributed by atoms with Crippen LogP contribution in [0.4, 0.5) is 0 Å². The van der Waals surface area contributed by atoms with Gasteiger partial charge < -0.3 is 5.11 Å². The minimum absolute atomic E-state index is 0.0466. The van der Waals surface area contributed by atoms with E-state index in [4.69, 9.17) is 0 Å². The SMILES string of the molecule is CC(C)(C)c1ccc(-c2cccnc2)c(O)c1. The van der Waals surface area contributed by atoms with Gasteiger partial charge in [-0.15, -0.1) is 0 Å². The fourth-order valence-corrected chi connectivity index (χ4v) is 1.76. The van der Waals surface area contributed by atoms with Gasteiger partial charge in [-0.2, -0.15) is 0 Å². The molecule has 0 aliphatic carbocycles. The standard InChI is InChI=1S/C15H17NO/c1-15(2,3)12-6-7-13(14(17)9-12)11-5-4-8-16-10-11/h4-10,17H,1-3H3. The molecule has 0 atom stereocenters. The van der Waals surface area contributed by atoms with Crippen molar-refractivity contribution in [3.05, 3.63) is 48.3 Å². The largest absolute Gasteiger partial charge is 0.507 e. The van der Waals surface area contributed by atoms with Crippen molar-refractivity contribution in [2.24, 2.45) is 0 Å². The van der Waals surface area contributed by atoms with E-state index in [1.807, 2.05) is 24.3 Å². The molecule has 0 aliphatic rings. The number of benzene rings is 1. The molecule has 1 N–H and O–H groups in total. The van der Waals surface area contributed by atoms with E-state index in [0.29, 0.717) is 5.75 Å². The molecule has 2 heteroatoms. The first kappa shape index (κ1) is 11.6. The van der Waals surface area contributed by atoms with E-state index in [1.165, 1.54) is 0 Å². The Labute approximate surface area is 102 Å². The van der Waals surface area contributed by atoms with E-state index >= 15 is 0 Å². The van der Waals surface area contributed by atoms with Crippen LogP contribution in [0.2, 0.25) is 0 Å². The lowest BCUT2D eigenvalue weighted by molar-refractivity contribution is 0.473. The highest BCUT2D eigenvalue weighted by Crippen LogP contribution is 2.33. The van der Waals surface area contributed by atoms with Crippen molar-refractivity contribution < 1.29 is 5.11 Å². The summed E-state index contributed by atoms with van der Waals surface area (Å²) in [5, 5.41) is 10.1. The van der Waals surface area contributed by atoms with Gasteiger partial charge in [0.1, 0.15) is 5.75 Å². The maximum Gasteiger partial charge on any atom is 0.123 e. The molecule has 2 rings (SSSR count). The molecule has 2 aromatic rings. The van der Waals surface area contributed by atoms with Crippen molar-refractivity contribution >= 4 is 0 Å². The third-order valence-corrected chi connectivity index (χ3v) is 2.84. The van der Waals surface area contributed by atoms with Crippen LogP contribution < -0.4 is 0 Å². The number of pyridine rings is 1. The van der Waals surface area contributed by atoms with Crippen LogP contribution in [-0.4, -0.2) is 10.1 Å². The quantitative estimate of drug-likeness (QED) is 0.804. The average molecular weight is 227 g/mol. The van der Waals surface area contributed by atoms with E-state index < -0.39 is 0 Å². The predicted molar refractivity (Wildman–Crippen MR) is 70.0 cm³/mol. The Morgan fingerprint density at radius 2 is 1.88 bits per heavy atom. The number of phenols is 1. The molecule has 0 aliphatic heterocycles. The zero-order valence-electron chi connectivity index (χ0n) is 10.4. The topological polar surface area (TPSA) is 33.1 Å². The highest BCUT2D eigenvalue weighted by Gasteiger charge is 2.15. The van der Waals surface area contributed by atoms with Crippen molar-refractivity contribution in [2.75, 3.05) is 0 Å². The van der Waals surface area contributed by atoms with Gasteiger partial charge in [0.15, 0.2) is 0 Å². The molecule has 1 aromatic carbocycles. The average Bonchev–Trinajstić information content (AvgIpc) is 2.29. The first-order valence-corrected chi connectivity index (χ1v) is 5.72. The number of aromatic hydroxyl groups is 1. The fraction of sp³-hybridized carbons (Fsp3) is 0.267. The summed E-state index contributed by atoms with van der Waals surface area (Å²) in [7, 11) is 0. The van der Waals surface area contributed by atoms with E-state index in [-0.39, 0.29) is 5.41 Å². The van der Waals surface area contributed by atoms with E-state index in [2.05, 4.69) is 31.8 Å². The summed E-state index contributed by atoms with van der Waals surface area (Å²) in [5.74, 6) is 0.311. The number of rotatable bonds is 1. The molecule has 0 bridgehead atoms. The summed E-state index contributed by atoms with van der Waals surface area (Å²) in [6, 6.07) is 9.66. The fourth-order valence-electron chi connectivity index (χ4n) is 1.76. The molecule has 88 valence electrons. The summed E-state index contributed by atoms with van der Waals surface area (Å²) >= 11 is 0. The van der Waals surface area contributed by atoms with Gasteiger partial charge in [-0.25, -0.2) is 0 Å². The molecule has 0 saturated heterocycles. The molecule has 0 spiro atoms. The molecule has 1 aromatic heterocycles. The van der Waals surface area contributed by atoms with Gasteiger partial charge in [-0.1, -0.05) is 39.0 Å². The molecule has 0 unspecified atom stereocenters. The first-order valence-electron chi connectivity index (χ1n) is 5.72. The van der Waals surface area contributed by atoms with Gasteiger partial charge in [-0.05, 0) is 23.1 Å². The zero-order chi connectivity index (χ0) is 12.5. The Morgan fingerprint density at radius 3 is 2.41 bits per heavy atom. The lowest BCUT2D eigenvalue weighted by Gasteiger charge is -2.20. The van der Waals surface area contributed by atoms with Crippen molar-refractivity contribution in [1.29, 1.82) is 0 Å². The lowest BCUT2D eigenvalue weighted by Crippen LogP contribution is -2.10. The molecule has 1 heterocycles. The van der Waals surface area contributed by atoms with E-state index in [1.54, 1.807) is 12.4 Å². The summed E-state index contributed by atoms with van der Waals surface area (Å²) in [6.45, 7) is 6.39. The van der Waals surface area contributed by atoms with Crippen LogP contribution in [0.25, 0.3) is 11.1 Å². The summed E-state index contributed by atoms with van der Waals surface area (Å²) in [5.41, 5.74) is 2.93. The van der Waals surface area contributed by atoms with Crippen molar-refractivity contribution in [1.82, 2.24) is 4.98 Å².